The van der Waals surface area contributed by atoms with Crippen molar-refractivity contribution in [2.45, 2.75) is 17.9 Å². The van der Waals surface area contributed by atoms with E-state index in [0.717, 1.165) is 55.8 Å². The number of nitrogens with one attached hydrogen (secondary N) is 3. The summed E-state index contributed by atoms with van der Waals surface area (Å²) in [7, 11) is 1.94. The Morgan fingerprint density at radius 3 is 2.58 bits per heavy atom. The molecular formula is C27H33F2N7O3S. The Morgan fingerprint density at radius 1 is 1.10 bits per heavy atom. The lowest BCUT2D eigenvalue weighted by molar-refractivity contribution is 0.102. The van der Waals surface area contributed by atoms with Crippen molar-refractivity contribution in [1.82, 2.24) is 19.4 Å². The molecule has 3 N–H and O–H groups in total. The van der Waals surface area contributed by atoms with Gasteiger partial charge in [0.1, 0.15) is 22.6 Å². The highest BCUT2D eigenvalue weighted by Crippen LogP contribution is 2.29. The Labute approximate surface area is 234 Å². The Bertz CT molecular complexity index is 1370. The average molecular weight is 574 g/mol. The van der Waals surface area contributed by atoms with Gasteiger partial charge in [0.2, 0.25) is 0 Å². The number of halogens is 2. The zero-order chi connectivity index (χ0) is 28.2. The third kappa shape index (κ3) is 6.33. The van der Waals surface area contributed by atoms with Crippen molar-refractivity contribution < 1.29 is 22.5 Å². The summed E-state index contributed by atoms with van der Waals surface area (Å²) < 4.78 is 47.3. The fourth-order valence-electron chi connectivity index (χ4n) is 4.89. The minimum Gasteiger partial charge on any atom is -0.383 e. The maximum absolute atomic E-state index is 13.7. The summed E-state index contributed by atoms with van der Waals surface area (Å²) in [6.45, 7) is 5.33. The summed E-state index contributed by atoms with van der Waals surface area (Å²) in [6, 6.07) is 8.61. The molecule has 1 fully saturated rings. The zero-order valence-electron chi connectivity index (χ0n) is 22.5. The average Bonchev–Trinajstić information content (AvgIpc) is 3.34. The van der Waals surface area contributed by atoms with E-state index in [1.807, 2.05) is 12.1 Å². The van der Waals surface area contributed by atoms with Crippen LogP contribution in [0.1, 0.15) is 21.6 Å². The number of nitrogens with zero attached hydrogens (tertiary/aromatic N) is 4. The molecule has 0 aliphatic carbocycles. The normalized spacial score (nSPS) is 16.9. The molecule has 3 aromatic rings. The van der Waals surface area contributed by atoms with Gasteiger partial charge in [-0.15, -0.1) is 0 Å². The van der Waals surface area contributed by atoms with E-state index >= 15 is 0 Å². The molecule has 0 saturated carbocycles. The summed E-state index contributed by atoms with van der Waals surface area (Å²) >= 11 is 0. The molecule has 1 amide bonds. The van der Waals surface area contributed by atoms with E-state index in [1.54, 1.807) is 17.5 Å². The Balaban J connectivity index is 1.34. The number of hydrogen-bond donors (Lipinski definition) is 3. The first-order valence-corrected chi connectivity index (χ1v) is 14.2. The van der Waals surface area contributed by atoms with E-state index in [2.05, 4.69) is 37.7 Å². The second-order valence-electron chi connectivity index (χ2n) is 9.89. The fourth-order valence-corrected chi connectivity index (χ4v) is 6.12. The van der Waals surface area contributed by atoms with Gasteiger partial charge >= 0.3 is 0 Å². The number of carbonyl (C=O) groups excluding carboxylic acids is 1. The van der Waals surface area contributed by atoms with Crippen LogP contribution >= 0.6 is 0 Å². The van der Waals surface area contributed by atoms with E-state index < -0.39 is 22.6 Å². The predicted octanol–water partition coefficient (Wildman–Crippen LogP) is 2.83. The van der Waals surface area contributed by atoms with Crippen LogP contribution in [0.4, 0.5) is 26.0 Å². The maximum atomic E-state index is 13.7. The van der Waals surface area contributed by atoms with E-state index in [1.165, 1.54) is 0 Å². The van der Waals surface area contributed by atoms with Crippen molar-refractivity contribution in [2.24, 2.45) is 0 Å². The van der Waals surface area contributed by atoms with Crippen molar-refractivity contribution in [3.63, 3.8) is 0 Å². The van der Waals surface area contributed by atoms with Gasteiger partial charge in [-0.25, -0.2) is 17.3 Å². The van der Waals surface area contributed by atoms with Crippen LogP contribution in [0.3, 0.4) is 0 Å². The van der Waals surface area contributed by atoms with Crippen LogP contribution in [0.2, 0.25) is 0 Å². The highest BCUT2D eigenvalue weighted by atomic mass is 32.2. The number of aromatic amines is 1. The van der Waals surface area contributed by atoms with Crippen LogP contribution in [-0.2, 0) is 28.7 Å². The number of H-pyrrole nitrogens is 1. The second-order valence-corrected chi connectivity index (χ2v) is 11.4. The first-order valence-electron chi connectivity index (χ1n) is 13.1. The summed E-state index contributed by atoms with van der Waals surface area (Å²) in [5.74, 6) is -1.58. The first kappa shape index (κ1) is 28.1. The van der Waals surface area contributed by atoms with Gasteiger partial charge < -0.3 is 25.2 Å². The minimum atomic E-state index is -1.79. The molecule has 2 aliphatic heterocycles. The molecule has 1 unspecified atom stereocenters. The van der Waals surface area contributed by atoms with Crippen LogP contribution < -0.4 is 15.5 Å². The number of methoxy groups -OCH3 is 1. The number of carbonyl (C=O) groups is 1. The fraction of sp³-hybridized carbons (Fsp3) is 0.407. The minimum absolute atomic E-state index is 0.0437. The second kappa shape index (κ2) is 12.4. The molecule has 1 atom stereocenters. The van der Waals surface area contributed by atoms with Gasteiger partial charge in [0.25, 0.3) is 5.91 Å². The van der Waals surface area contributed by atoms with Gasteiger partial charge in [-0.2, -0.15) is 5.10 Å². The topological polar surface area (TPSA) is 106 Å². The summed E-state index contributed by atoms with van der Waals surface area (Å²) in [4.78, 5) is 18.1. The molecule has 5 rings (SSSR count). The van der Waals surface area contributed by atoms with E-state index in [9.17, 15) is 17.8 Å². The molecule has 3 heterocycles. The molecule has 2 aromatic carbocycles. The molecule has 0 spiro atoms. The first-order chi connectivity index (χ1) is 19.3. The number of anilines is 3. The SMILES string of the molecule is COCCNc1cc(N2CCN(C)CC2)ccc1C(=O)Nc1n[nH]c2c1CN(S(=O)c1cc(F)cc(F)c1)CC2. The highest BCUT2D eigenvalue weighted by molar-refractivity contribution is 7.82. The van der Waals surface area contributed by atoms with Gasteiger partial charge in [0.05, 0.1) is 17.1 Å². The van der Waals surface area contributed by atoms with E-state index in [0.29, 0.717) is 48.7 Å². The molecule has 40 heavy (non-hydrogen) atoms. The summed E-state index contributed by atoms with van der Waals surface area (Å²) in [5.41, 5.74) is 3.68. The van der Waals surface area contributed by atoms with Crippen molar-refractivity contribution in [3.8, 4) is 0 Å². The molecule has 1 saturated heterocycles. The van der Waals surface area contributed by atoms with Crippen molar-refractivity contribution in [1.29, 1.82) is 0 Å². The van der Waals surface area contributed by atoms with Gasteiger partial charge in [0.15, 0.2) is 5.82 Å². The van der Waals surface area contributed by atoms with Crippen molar-refractivity contribution in [2.75, 3.05) is 75.6 Å². The largest absolute Gasteiger partial charge is 0.383 e. The third-order valence-corrected chi connectivity index (χ3v) is 8.56. The van der Waals surface area contributed by atoms with Crippen LogP contribution in [0.15, 0.2) is 41.3 Å². The molecule has 10 nitrogen and oxygen atoms in total. The van der Waals surface area contributed by atoms with Crippen LogP contribution in [0, 0.1) is 11.6 Å². The number of likely N-dealkylation sites (N-methyl/N-ethyl adjacent to an activating group) is 1. The molecule has 0 radical (unpaired) electrons. The maximum Gasteiger partial charge on any atom is 0.258 e. The number of ether oxygens (including phenoxy) is 1. The highest BCUT2D eigenvalue weighted by Gasteiger charge is 2.28. The van der Waals surface area contributed by atoms with Gasteiger partial charge in [0, 0.05) is 88.0 Å². The lowest BCUT2D eigenvalue weighted by Gasteiger charge is -2.34. The zero-order valence-corrected chi connectivity index (χ0v) is 23.3. The molecule has 0 bridgehead atoms. The molecule has 2 aliphatic rings. The van der Waals surface area contributed by atoms with E-state index in [4.69, 9.17) is 4.74 Å². The monoisotopic (exact) mass is 573 g/mol. The summed E-state index contributed by atoms with van der Waals surface area (Å²) in [5, 5.41) is 13.5. The lowest BCUT2D eigenvalue weighted by Crippen LogP contribution is -2.44. The van der Waals surface area contributed by atoms with E-state index in [-0.39, 0.29) is 17.3 Å². The standard InChI is InChI=1S/C27H33F2N7O3S/c1-34-8-10-35(11-9-34)20-3-4-22(25(16-20)30-6-12-39-2)27(37)31-26-23-17-36(7-5-24(23)32-33-26)40(38)21-14-18(28)13-19(29)15-21/h3-4,13-16,30H,5-12,17H2,1-2H3,(H2,31,32,33,37). The van der Waals surface area contributed by atoms with Crippen molar-refractivity contribution >= 4 is 34.1 Å². The number of rotatable bonds is 9. The molecule has 1 aromatic heterocycles. The number of piperazine rings is 1. The predicted molar refractivity (Wildman–Crippen MR) is 150 cm³/mol. The third-order valence-electron chi connectivity index (χ3n) is 7.14. The number of amides is 1. The Morgan fingerprint density at radius 2 is 1.85 bits per heavy atom. The molecular weight excluding hydrogens is 540 g/mol. The lowest BCUT2D eigenvalue weighted by atomic mass is 10.1. The quantitative estimate of drug-likeness (QED) is 0.338. The number of benzene rings is 2. The number of fused-ring (bicyclic) bond motifs is 1. The number of aromatic nitrogens is 2. The van der Waals surface area contributed by atoms with Crippen LogP contribution in [0.5, 0.6) is 0 Å². The van der Waals surface area contributed by atoms with Gasteiger partial charge in [-0.3, -0.25) is 9.89 Å². The van der Waals surface area contributed by atoms with Crippen LogP contribution in [0.25, 0.3) is 0 Å². The van der Waals surface area contributed by atoms with Gasteiger partial charge in [-0.05, 0) is 37.4 Å². The Kier molecular flexibility index (Phi) is 8.74. The Hall–Kier alpha value is -3.39. The summed E-state index contributed by atoms with van der Waals surface area (Å²) in [6.07, 6.45) is 0.491. The molecule has 13 heteroatoms. The number of hydrogen-bond acceptors (Lipinski definition) is 7. The van der Waals surface area contributed by atoms with Crippen LogP contribution in [-0.4, -0.2) is 89.6 Å². The van der Waals surface area contributed by atoms with Crippen molar-refractivity contribution in [3.05, 3.63) is 64.9 Å². The van der Waals surface area contributed by atoms with Gasteiger partial charge in [-0.1, -0.05) is 0 Å². The smallest absolute Gasteiger partial charge is 0.258 e. The molecule has 214 valence electrons.